The lowest BCUT2D eigenvalue weighted by Crippen LogP contribution is -2.04. The van der Waals surface area contributed by atoms with Crippen LogP contribution in [-0.2, 0) is 6.54 Å². The highest BCUT2D eigenvalue weighted by Crippen LogP contribution is 2.41. The maximum Gasteiger partial charge on any atom is 0.116 e. The second-order valence-corrected chi connectivity index (χ2v) is 4.33. The molecule has 0 saturated heterocycles. The van der Waals surface area contributed by atoms with Crippen molar-refractivity contribution in [2.24, 2.45) is 0 Å². The molecule has 2 nitrogen and oxygen atoms in total. The fraction of sp³-hybridized carbons (Fsp3) is 0.750. The highest BCUT2D eigenvalue weighted by molar-refractivity contribution is 5.23. The Morgan fingerprint density at radius 3 is 2.86 bits per heavy atom. The lowest BCUT2D eigenvalue weighted by Gasteiger charge is -2.06. The minimum absolute atomic E-state index is 0.801. The first-order valence-corrected chi connectivity index (χ1v) is 5.78. The third kappa shape index (κ3) is 1.99. The summed E-state index contributed by atoms with van der Waals surface area (Å²) in [6.07, 6.45) is 9.65. The molecule has 0 unspecified atom stereocenters. The second-order valence-electron chi connectivity index (χ2n) is 4.33. The molecule has 2 rings (SSSR count). The molecule has 1 aromatic rings. The predicted octanol–water partition coefficient (Wildman–Crippen LogP) is 3.06. The highest BCUT2D eigenvalue weighted by atomic mass is 15.3. The molecule has 0 aliphatic heterocycles. The monoisotopic (exact) mass is 191 g/mol. The molecule has 0 aromatic carbocycles. The Kier molecular flexibility index (Phi) is 2.90. The Morgan fingerprint density at radius 1 is 1.43 bits per heavy atom. The van der Waals surface area contributed by atoms with Gasteiger partial charge < -0.3 is 0 Å². The van der Waals surface area contributed by atoms with Crippen molar-refractivity contribution in [3.05, 3.63) is 17.5 Å². The van der Waals surface area contributed by atoms with Crippen molar-refractivity contribution >= 4 is 0 Å². The van der Waals surface area contributed by atoms with E-state index in [4.69, 9.17) is 0 Å². The van der Waals surface area contributed by atoms with Crippen molar-refractivity contribution in [3.63, 3.8) is 0 Å². The predicted molar refractivity (Wildman–Crippen MR) is 57.3 cm³/mol. The molecule has 0 amide bonds. The molecule has 0 bridgehead atoms. The molecule has 2 heteroatoms. The SMILES string of the molecule is CCCCCn1n[c]c(C)c1C1CC1. The minimum atomic E-state index is 0.801. The van der Waals surface area contributed by atoms with Gasteiger partial charge in [-0.3, -0.25) is 4.68 Å². The zero-order valence-corrected chi connectivity index (χ0v) is 9.21. The molecule has 77 valence electrons. The molecule has 1 aliphatic carbocycles. The zero-order chi connectivity index (χ0) is 9.97. The second kappa shape index (κ2) is 4.16. The van der Waals surface area contributed by atoms with Crippen LogP contribution in [0, 0.1) is 13.1 Å². The Bertz CT molecular complexity index is 297. The summed E-state index contributed by atoms with van der Waals surface area (Å²) in [7, 11) is 0. The van der Waals surface area contributed by atoms with E-state index in [1.54, 1.807) is 0 Å². The van der Waals surface area contributed by atoms with Crippen LogP contribution >= 0.6 is 0 Å². The first-order valence-electron chi connectivity index (χ1n) is 5.78. The molecule has 0 N–H and O–H groups in total. The van der Waals surface area contributed by atoms with Gasteiger partial charge >= 0.3 is 0 Å². The first kappa shape index (κ1) is 9.75. The summed E-state index contributed by atoms with van der Waals surface area (Å²) in [6, 6.07) is 0. The lowest BCUT2D eigenvalue weighted by molar-refractivity contribution is 0.533. The van der Waals surface area contributed by atoms with Crippen molar-refractivity contribution in [1.29, 1.82) is 0 Å². The van der Waals surface area contributed by atoms with Crippen molar-refractivity contribution in [2.75, 3.05) is 0 Å². The minimum Gasteiger partial charge on any atom is -0.268 e. The third-order valence-electron chi connectivity index (χ3n) is 2.94. The van der Waals surface area contributed by atoms with Crippen LogP contribution in [0.5, 0.6) is 0 Å². The van der Waals surface area contributed by atoms with Gasteiger partial charge in [-0.25, -0.2) is 0 Å². The lowest BCUT2D eigenvalue weighted by atomic mass is 10.2. The number of unbranched alkanes of at least 4 members (excludes halogenated alkanes) is 2. The van der Waals surface area contributed by atoms with Crippen LogP contribution < -0.4 is 0 Å². The van der Waals surface area contributed by atoms with Crippen LogP contribution in [0.4, 0.5) is 0 Å². The largest absolute Gasteiger partial charge is 0.268 e. The zero-order valence-electron chi connectivity index (χ0n) is 9.21. The molecular weight excluding hydrogens is 172 g/mol. The molecule has 0 spiro atoms. The number of aromatic nitrogens is 2. The van der Waals surface area contributed by atoms with Gasteiger partial charge in [-0.05, 0) is 26.2 Å². The van der Waals surface area contributed by atoms with Gasteiger partial charge in [0.1, 0.15) is 6.20 Å². The van der Waals surface area contributed by atoms with E-state index in [0.717, 1.165) is 12.5 Å². The molecule has 1 aliphatic rings. The van der Waals surface area contributed by atoms with E-state index in [-0.39, 0.29) is 0 Å². The molecule has 1 saturated carbocycles. The Labute approximate surface area is 86.3 Å². The van der Waals surface area contributed by atoms with Crippen LogP contribution in [0.2, 0.25) is 0 Å². The first-order chi connectivity index (χ1) is 6.83. The van der Waals surface area contributed by atoms with E-state index in [9.17, 15) is 0 Å². The van der Waals surface area contributed by atoms with Crippen LogP contribution in [0.25, 0.3) is 0 Å². The summed E-state index contributed by atoms with van der Waals surface area (Å²) in [5.74, 6) is 0.801. The smallest absolute Gasteiger partial charge is 0.116 e. The van der Waals surface area contributed by atoms with Gasteiger partial charge in [-0.2, -0.15) is 5.10 Å². The van der Waals surface area contributed by atoms with Crippen LogP contribution in [0.1, 0.15) is 56.2 Å². The average Bonchev–Trinajstić information content (AvgIpc) is 2.93. The topological polar surface area (TPSA) is 17.8 Å². The van der Waals surface area contributed by atoms with E-state index in [0.29, 0.717) is 0 Å². The summed E-state index contributed by atoms with van der Waals surface area (Å²) in [6.45, 7) is 5.46. The number of nitrogens with zero attached hydrogens (tertiary/aromatic N) is 2. The van der Waals surface area contributed by atoms with Crippen LogP contribution in [-0.4, -0.2) is 9.78 Å². The van der Waals surface area contributed by atoms with E-state index >= 15 is 0 Å². The number of hydrogen-bond donors (Lipinski definition) is 0. The third-order valence-corrected chi connectivity index (χ3v) is 2.94. The summed E-state index contributed by atoms with van der Waals surface area (Å²) in [4.78, 5) is 0. The Balaban J connectivity index is 2.01. The maximum atomic E-state index is 4.34. The summed E-state index contributed by atoms with van der Waals surface area (Å²) >= 11 is 0. The van der Waals surface area contributed by atoms with Crippen molar-refractivity contribution < 1.29 is 0 Å². The van der Waals surface area contributed by atoms with Crippen LogP contribution in [0.15, 0.2) is 0 Å². The molecule has 0 atom stereocenters. The Hall–Kier alpha value is -0.790. The van der Waals surface area contributed by atoms with E-state index in [1.807, 2.05) is 0 Å². The summed E-state index contributed by atoms with van der Waals surface area (Å²) < 4.78 is 2.18. The van der Waals surface area contributed by atoms with Gasteiger partial charge in [0.05, 0.1) is 0 Å². The maximum absolute atomic E-state index is 4.34. The van der Waals surface area contributed by atoms with Gasteiger partial charge in [0.2, 0.25) is 0 Å². The summed E-state index contributed by atoms with van der Waals surface area (Å²) in [5, 5.41) is 4.34. The molecule has 1 radical (unpaired) electrons. The van der Waals surface area contributed by atoms with Crippen LogP contribution in [0.3, 0.4) is 0 Å². The molecule has 1 heterocycles. The van der Waals surface area contributed by atoms with Gasteiger partial charge in [-0.1, -0.05) is 19.8 Å². The molecule has 14 heavy (non-hydrogen) atoms. The van der Waals surface area contributed by atoms with Crippen molar-refractivity contribution in [3.8, 4) is 0 Å². The van der Waals surface area contributed by atoms with Gasteiger partial charge in [0.15, 0.2) is 0 Å². The number of rotatable bonds is 5. The van der Waals surface area contributed by atoms with E-state index in [2.05, 4.69) is 29.8 Å². The normalized spacial score (nSPS) is 16.1. The van der Waals surface area contributed by atoms with E-state index in [1.165, 1.54) is 43.4 Å². The molecule has 1 fully saturated rings. The molecule has 1 aromatic heterocycles. The average molecular weight is 191 g/mol. The standard InChI is InChI=1S/C12H19N2/c1-3-4-5-8-14-12(11-6-7-11)10(2)9-13-14/h11H,3-8H2,1-2H3. The Morgan fingerprint density at radius 2 is 2.21 bits per heavy atom. The van der Waals surface area contributed by atoms with Crippen molar-refractivity contribution in [2.45, 2.75) is 58.4 Å². The summed E-state index contributed by atoms with van der Waals surface area (Å²) in [5.41, 5.74) is 2.73. The van der Waals surface area contributed by atoms with Gasteiger partial charge in [-0.15, -0.1) is 0 Å². The fourth-order valence-electron chi connectivity index (χ4n) is 2.00. The highest BCUT2D eigenvalue weighted by Gasteiger charge is 2.28. The van der Waals surface area contributed by atoms with Crippen molar-refractivity contribution in [1.82, 2.24) is 9.78 Å². The van der Waals surface area contributed by atoms with E-state index < -0.39 is 0 Å². The fourth-order valence-corrected chi connectivity index (χ4v) is 2.00. The van der Waals surface area contributed by atoms with Gasteiger partial charge in [0, 0.05) is 23.7 Å². The number of aryl methyl sites for hydroxylation is 2. The number of hydrogen-bond acceptors (Lipinski definition) is 1. The van der Waals surface area contributed by atoms with Gasteiger partial charge in [0.25, 0.3) is 0 Å². The molecular formula is C12H19N2. The quantitative estimate of drug-likeness (QED) is 0.654.